The second-order valence-electron chi connectivity index (χ2n) is 3.39. The minimum absolute atomic E-state index is 0.262. The molecule has 7 N–H and O–H groups in total. The smallest absolute Gasteiger partial charge is 0.348 e. The quantitative estimate of drug-likeness (QED) is 0.330. The Morgan fingerprint density at radius 3 is 2.47 bits per heavy atom. The highest BCUT2D eigenvalue weighted by molar-refractivity contribution is 5.80. The van der Waals surface area contributed by atoms with Crippen LogP contribution in [0.15, 0.2) is 28.2 Å². The highest BCUT2D eigenvalue weighted by atomic mass is 16.1. The molecule has 0 aromatic carbocycles. The maximum absolute atomic E-state index is 10.7. The highest BCUT2D eigenvalue weighted by Gasteiger charge is 2.01. The van der Waals surface area contributed by atoms with Gasteiger partial charge >= 0.3 is 11.4 Å². The zero-order valence-electron chi connectivity index (χ0n) is 9.54. The summed E-state index contributed by atoms with van der Waals surface area (Å²) in [7, 11) is 0. The Bertz CT molecular complexity index is 801. The fraction of sp³-hybridized carbons (Fsp3) is 0. The third-order valence-corrected chi connectivity index (χ3v) is 2.03. The van der Waals surface area contributed by atoms with Gasteiger partial charge in [0.2, 0.25) is 0 Å². The Balaban J connectivity index is 0.000000148. The van der Waals surface area contributed by atoms with E-state index in [-0.39, 0.29) is 5.82 Å². The van der Waals surface area contributed by atoms with Gasteiger partial charge in [-0.05, 0) is 6.07 Å². The summed E-state index contributed by atoms with van der Waals surface area (Å²) in [6.07, 6.45) is 2.79. The number of fused-ring (bicyclic) bond motifs is 1. The topological polar surface area (TPSA) is 172 Å². The summed E-state index contributed by atoms with van der Waals surface area (Å²) in [5.41, 5.74) is 10.6. The van der Waals surface area contributed by atoms with E-state index in [4.69, 9.17) is 11.5 Å². The number of hydrogen-bond donors (Lipinski definition) is 5. The van der Waals surface area contributed by atoms with Crippen LogP contribution in [0, 0.1) is 0 Å². The van der Waals surface area contributed by atoms with Crippen molar-refractivity contribution in [3.05, 3.63) is 39.6 Å². The van der Waals surface area contributed by atoms with Crippen LogP contribution in [0.25, 0.3) is 11.2 Å². The first-order valence-corrected chi connectivity index (χ1v) is 5.06. The van der Waals surface area contributed by atoms with Crippen LogP contribution in [-0.2, 0) is 0 Å². The first-order valence-electron chi connectivity index (χ1n) is 5.06. The minimum Gasteiger partial charge on any atom is -0.385 e. The molecule has 0 aliphatic carbocycles. The van der Waals surface area contributed by atoms with E-state index in [1.54, 1.807) is 0 Å². The van der Waals surface area contributed by atoms with Crippen molar-refractivity contribution in [3.8, 4) is 0 Å². The summed E-state index contributed by atoms with van der Waals surface area (Å²) in [6, 6.07) is 1.52. The van der Waals surface area contributed by atoms with E-state index in [9.17, 15) is 9.59 Å². The number of nitrogens with one attached hydrogen (secondary N) is 3. The van der Waals surface area contributed by atoms with Gasteiger partial charge in [-0.2, -0.15) is 4.98 Å². The molecule has 3 aromatic rings. The van der Waals surface area contributed by atoms with Crippen LogP contribution in [0.5, 0.6) is 0 Å². The summed E-state index contributed by atoms with van der Waals surface area (Å²) < 4.78 is 0. The van der Waals surface area contributed by atoms with E-state index in [0.29, 0.717) is 17.0 Å². The third kappa shape index (κ3) is 2.94. The fourth-order valence-electron chi connectivity index (χ4n) is 1.25. The number of H-pyrrole nitrogens is 3. The van der Waals surface area contributed by atoms with Gasteiger partial charge in [-0.15, -0.1) is 0 Å². The number of aromatic nitrogens is 6. The van der Waals surface area contributed by atoms with Gasteiger partial charge in [0.1, 0.15) is 17.2 Å². The van der Waals surface area contributed by atoms with Crippen molar-refractivity contribution in [3.63, 3.8) is 0 Å². The molecule has 10 nitrogen and oxygen atoms in total. The number of nitrogens with two attached hydrogens (primary N) is 2. The number of anilines is 2. The average molecular weight is 262 g/mol. The summed E-state index contributed by atoms with van der Waals surface area (Å²) >= 11 is 0. The van der Waals surface area contributed by atoms with Gasteiger partial charge in [-0.3, -0.25) is 9.97 Å². The monoisotopic (exact) mass is 262 g/mol. The molecule has 0 unspecified atom stereocenters. The fourth-order valence-corrected chi connectivity index (χ4v) is 1.25. The van der Waals surface area contributed by atoms with Crippen LogP contribution < -0.4 is 22.8 Å². The molecule has 0 atom stereocenters. The molecule has 0 aliphatic rings. The maximum Gasteiger partial charge on any atom is 0.348 e. The van der Waals surface area contributed by atoms with Crippen LogP contribution in [0.3, 0.4) is 0 Å². The van der Waals surface area contributed by atoms with Gasteiger partial charge in [0.15, 0.2) is 5.65 Å². The molecule has 3 heterocycles. The van der Waals surface area contributed by atoms with Gasteiger partial charge in [0.05, 0.1) is 6.33 Å². The van der Waals surface area contributed by atoms with Gasteiger partial charge < -0.3 is 16.5 Å². The van der Waals surface area contributed by atoms with Crippen LogP contribution in [0.2, 0.25) is 0 Å². The third-order valence-electron chi connectivity index (χ3n) is 2.03. The van der Waals surface area contributed by atoms with Gasteiger partial charge in [0, 0.05) is 6.20 Å². The van der Waals surface area contributed by atoms with Crippen molar-refractivity contribution in [2.75, 3.05) is 11.5 Å². The molecule has 3 aromatic heterocycles. The van der Waals surface area contributed by atoms with Gasteiger partial charge in [-0.1, -0.05) is 0 Å². The Morgan fingerprint density at radius 1 is 1.05 bits per heavy atom. The SMILES string of the molecule is Nc1[nH]c(=O)nc2nc[nH]c12.Nc1ccnc(=O)[nH]1. The largest absolute Gasteiger partial charge is 0.385 e. The second kappa shape index (κ2) is 5.00. The maximum atomic E-state index is 10.7. The molecule has 0 amide bonds. The summed E-state index contributed by atoms with van der Waals surface area (Å²) in [6.45, 7) is 0. The molecule has 0 saturated heterocycles. The number of hydrogen-bond acceptors (Lipinski definition) is 7. The number of aromatic amines is 3. The Hall–Kier alpha value is -3.17. The van der Waals surface area contributed by atoms with Crippen molar-refractivity contribution >= 4 is 22.8 Å². The lowest BCUT2D eigenvalue weighted by Crippen LogP contribution is -2.12. The molecule has 0 aliphatic heterocycles. The Morgan fingerprint density at radius 2 is 1.84 bits per heavy atom. The molecule has 0 spiro atoms. The zero-order valence-corrected chi connectivity index (χ0v) is 9.54. The van der Waals surface area contributed by atoms with Crippen molar-refractivity contribution in [2.45, 2.75) is 0 Å². The highest BCUT2D eigenvalue weighted by Crippen LogP contribution is 2.07. The number of nitrogen functional groups attached to an aromatic ring is 2. The first-order chi connectivity index (χ1) is 9.06. The van der Waals surface area contributed by atoms with Crippen LogP contribution in [-0.4, -0.2) is 29.9 Å². The van der Waals surface area contributed by atoms with Crippen molar-refractivity contribution in [1.29, 1.82) is 0 Å². The molecule has 10 heteroatoms. The number of imidazole rings is 1. The summed E-state index contributed by atoms with van der Waals surface area (Å²) in [5, 5.41) is 0. The molecule has 3 rings (SSSR count). The average Bonchev–Trinajstić information content (AvgIpc) is 2.77. The summed E-state index contributed by atoms with van der Waals surface area (Å²) in [4.78, 5) is 39.0. The van der Waals surface area contributed by atoms with Gasteiger partial charge in [0.25, 0.3) is 0 Å². The molecular formula is C9H10N8O2. The van der Waals surface area contributed by atoms with Crippen LogP contribution >= 0.6 is 0 Å². The molecule has 19 heavy (non-hydrogen) atoms. The molecule has 0 fully saturated rings. The van der Waals surface area contributed by atoms with Crippen LogP contribution in [0.1, 0.15) is 0 Å². The Labute approximate surface area is 104 Å². The van der Waals surface area contributed by atoms with E-state index in [1.807, 2.05) is 0 Å². The lowest BCUT2D eigenvalue weighted by atomic mass is 10.5. The second-order valence-corrected chi connectivity index (χ2v) is 3.39. The van der Waals surface area contributed by atoms with Crippen LogP contribution in [0.4, 0.5) is 11.6 Å². The molecule has 98 valence electrons. The zero-order chi connectivity index (χ0) is 13.8. The standard InChI is InChI=1S/C5H5N5O.C4H5N3O/c6-3-2-4(8-1-7-2)10-5(11)9-3;5-3-1-2-6-4(8)7-3/h1H,(H4,6,7,8,9,10,11);1-2H,(H3,5,6,7,8). The molecule has 0 bridgehead atoms. The normalized spacial score (nSPS) is 9.89. The minimum atomic E-state index is -0.484. The summed E-state index contributed by atoms with van der Waals surface area (Å²) in [5.74, 6) is 0.600. The van der Waals surface area contributed by atoms with Gasteiger partial charge in [-0.25, -0.2) is 19.6 Å². The lowest BCUT2D eigenvalue weighted by Gasteiger charge is -1.90. The lowest BCUT2D eigenvalue weighted by molar-refractivity contribution is 1.08. The first kappa shape index (κ1) is 12.3. The predicted molar refractivity (Wildman–Crippen MR) is 68.2 cm³/mol. The van der Waals surface area contributed by atoms with Crippen molar-refractivity contribution in [1.82, 2.24) is 29.9 Å². The van der Waals surface area contributed by atoms with E-state index < -0.39 is 11.4 Å². The van der Waals surface area contributed by atoms with E-state index in [1.165, 1.54) is 18.6 Å². The molecule has 0 saturated carbocycles. The predicted octanol–water partition coefficient (Wildman–Crippen LogP) is -1.42. The Kier molecular flexibility index (Phi) is 3.23. The molecular weight excluding hydrogens is 252 g/mol. The van der Waals surface area contributed by atoms with Crippen molar-refractivity contribution < 1.29 is 0 Å². The van der Waals surface area contributed by atoms with Crippen molar-refractivity contribution in [2.24, 2.45) is 0 Å². The van der Waals surface area contributed by atoms with E-state index in [0.717, 1.165) is 0 Å². The molecule has 0 radical (unpaired) electrons. The van der Waals surface area contributed by atoms with E-state index in [2.05, 4.69) is 29.9 Å². The van der Waals surface area contributed by atoms with E-state index >= 15 is 0 Å². The number of rotatable bonds is 0. The number of nitrogens with zero attached hydrogens (tertiary/aromatic N) is 3.